The van der Waals surface area contributed by atoms with Gasteiger partial charge in [0.15, 0.2) is 0 Å². The third kappa shape index (κ3) is 2.37. The van der Waals surface area contributed by atoms with Crippen LogP contribution >= 0.6 is 15.9 Å². The van der Waals surface area contributed by atoms with Gasteiger partial charge in [-0.05, 0) is 36.2 Å². The molecule has 0 atom stereocenters. The second-order valence-electron chi connectivity index (χ2n) is 3.84. The monoisotopic (exact) mass is 267 g/mol. The van der Waals surface area contributed by atoms with Crippen molar-refractivity contribution < 1.29 is 0 Å². The van der Waals surface area contributed by atoms with E-state index in [2.05, 4.69) is 43.8 Å². The van der Waals surface area contributed by atoms with Crippen LogP contribution in [-0.2, 0) is 0 Å². The lowest BCUT2D eigenvalue weighted by Crippen LogP contribution is -2.29. The maximum atomic E-state index is 4.46. The highest BCUT2D eigenvalue weighted by atomic mass is 79.9. The van der Waals surface area contributed by atoms with Crippen LogP contribution in [0.15, 0.2) is 22.3 Å². The smallest absolute Gasteiger partial charge is 0.146 e. The van der Waals surface area contributed by atoms with Gasteiger partial charge in [0, 0.05) is 19.3 Å². The second kappa shape index (κ2) is 4.31. The van der Waals surface area contributed by atoms with Crippen LogP contribution < -0.4 is 4.90 Å². The number of aryl methyl sites for hydroxylation is 1. The molecular weight excluding hydrogens is 254 g/mol. The number of hydrogen-bond acceptors (Lipinski definition) is 3. The number of hydrogen-bond donors (Lipinski definition) is 0. The summed E-state index contributed by atoms with van der Waals surface area (Å²) in [5.41, 5.74) is 1.47. The molecule has 0 saturated heterocycles. The van der Waals surface area contributed by atoms with E-state index in [0.29, 0.717) is 0 Å². The molecule has 0 N–H and O–H groups in total. The summed E-state index contributed by atoms with van der Waals surface area (Å²) in [5, 5.41) is 0. The summed E-state index contributed by atoms with van der Waals surface area (Å²) in [7, 11) is 0. The largest absolute Gasteiger partial charge is 0.352 e. The standard InChI is InChI=1S/C11H14BrN3/c1-8-3-5-15(6-4-8)11-10(12)7-13-9(2)14-11/h3,7H,4-6H2,1-2H3. The minimum Gasteiger partial charge on any atom is -0.352 e. The van der Waals surface area contributed by atoms with Gasteiger partial charge in [0.25, 0.3) is 0 Å². The molecule has 0 bridgehead atoms. The zero-order valence-electron chi connectivity index (χ0n) is 9.00. The highest BCUT2D eigenvalue weighted by Crippen LogP contribution is 2.25. The number of rotatable bonds is 1. The van der Waals surface area contributed by atoms with E-state index < -0.39 is 0 Å². The first-order valence-electron chi connectivity index (χ1n) is 5.06. The maximum Gasteiger partial charge on any atom is 0.146 e. The van der Waals surface area contributed by atoms with Crippen molar-refractivity contribution >= 4 is 21.7 Å². The Kier molecular flexibility index (Phi) is 3.05. The molecule has 0 amide bonds. The number of nitrogens with zero attached hydrogens (tertiary/aromatic N) is 3. The zero-order valence-corrected chi connectivity index (χ0v) is 10.6. The first kappa shape index (κ1) is 10.6. The molecule has 0 radical (unpaired) electrons. The lowest BCUT2D eigenvalue weighted by Gasteiger charge is -2.27. The van der Waals surface area contributed by atoms with E-state index in [-0.39, 0.29) is 0 Å². The number of anilines is 1. The van der Waals surface area contributed by atoms with Crippen LogP contribution in [-0.4, -0.2) is 23.1 Å². The predicted molar refractivity (Wildman–Crippen MR) is 65.1 cm³/mol. The van der Waals surface area contributed by atoms with Crippen molar-refractivity contribution in [2.75, 3.05) is 18.0 Å². The van der Waals surface area contributed by atoms with Crippen LogP contribution in [0.1, 0.15) is 19.2 Å². The predicted octanol–water partition coefficient (Wildman–Crippen LogP) is 2.70. The van der Waals surface area contributed by atoms with E-state index in [9.17, 15) is 0 Å². The summed E-state index contributed by atoms with van der Waals surface area (Å²) in [6.45, 7) is 6.08. The number of aromatic nitrogens is 2. The van der Waals surface area contributed by atoms with Crippen molar-refractivity contribution in [3.63, 3.8) is 0 Å². The highest BCUT2D eigenvalue weighted by Gasteiger charge is 2.14. The van der Waals surface area contributed by atoms with Gasteiger partial charge in [-0.15, -0.1) is 0 Å². The Morgan fingerprint density at radius 2 is 2.20 bits per heavy atom. The first-order valence-corrected chi connectivity index (χ1v) is 5.86. The van der Waals surface area contributed by atoms with Gasteiger partial charge in [0.2, 0.25) is 0 Å². The van der Waals surface area contributed by atoms with Crippen molar-refractivity contribution in [2.24, 2.45) is 0 Å². The molecule has 0 aromatic carbocycles. The van der Waals surface area contributed by atoms with E-state index in [1.54, 1.807) is 0 Å². The van der Waals surface area contributed by atoms with Crippen molar-refractivity contribution in [1.29, 1.82) is 0 Å². The van der Waals surface area contributed by atoms with Crippen LogP contribution in [0.2, 0.25) is 0 Å². The minimum atomic E-state index is 0.819. The average molecular weight is 268 g/mol. The second-order valence-corrected chi connectivity index (χ2v) is 4.69. The molecule has 0 fully saturated rings. The molecule has 1 aliphatic heterocycles. The highest BCUT2D eigenvalue weighted by molar-refractivity contribution is 9.10. The van der Waals surface area contributed by atoms with E-state index in [4.69, 9.17) is 0 Å². The van der Waals surface area contributed by atoms with Crippen molar-refractivity contribution in [3.05, 3.63) is 28.1 Å². The van der Waals surface area contributed by atoms with Gasteiger partial charge >= 0.3 is 0 Å². The Morgan fingerprint density at radius 1 is 1.40 bits per heavy atom. The van der Waals surface area contributed by atoms with Crippen LogP contribution in [0.4, 0.5) is 5.82 Å². The number of halogens is 1. The van der Waals surface area contributed by atoms with Crippen molar-refractivity contribution in [3.8, 4) is 0 Å². The maximum absolute atomic E-state index is 4.46. The fourth-order valence-corrected chi connectivity index (χ4v) is 2.07. The molecule has 15 heavy (non-hydrogen) atoms. The van der Waals surface area contributed by atoms with Crippen LogP contribution in [0, 0.1) is 6.92 Å². The molecule has 0 aliphatic carbocycles. The molecule has 3 nitrogen and oxygen atoms in total. The fraction of sp³-hybridized carbons (Fsp3) is 0.455. The van der Waals surface area contributed by atoms with Gasteiger partial charge in [0.1, 0.15) is 11.6 Å². The minimum absolute atomic E-state index is 0.819. The van der Waals surface area contributed by atoms with Gasteiger partial charge in [0.05, 0.1) is 4.47 Å². The van der Waals surface area contributed by atoms with E-state index in [1.165, 1.54) is 5.57 Å². The Morgan fingerprint density at radius 3 is 2.87 bits per heavy atom. The van der Waals surface area contributed by atoms with Gasteiger partial charge in [-0.25, -0.2) is 9.97 Å². The lowest BCUT2D eigenvalue weighted by molar-refractivity contribution is 0.767. The van der Waals surface area contributed by atoms with Crippen molar-refractivity contribution in [2.45, 2.75) is 20.3 Å². The normalized spacial score (nSPS) is 16.5. The molecule has 1 aliphatic rings. The molecule has 2 heterocycles. The summed E-state index contributed by atoms with van der Waals surface area (Å²) in [4.78, 5) is 10.9. The van der Waals surface area contributed by atoms with Gasteiger partial charge in [-0.1, -0.05) is 11.6 Å². The van der Waals surface area contributed by atoms with Gasteiger partial charge < -0.3 is 4.90 Å². The SMILES string of the molecule is CC1=CCN(c2nc(C)ncc2Br)CC1. The Hall–Kier alpha value is -0.900. The Balaban J connectivity index is 2.26. The zero-order chi connectivity index (χ0) is 10.8. The summed E-state index contributed by atoms with van der Waals surface area (Å²) >= 11 is 3.49. The van der Waals surface area contributed by atoms with Gasteiger partial charge in [-0.2, -0.15) is 0 Å². The molecule has 0 unspecified atom stereocenters. The third-order valence-electron chi connectivity index (χ3n) is 2.58. The van der Waals surface area contributed by atoms with Crippen LogP contribution in [0.3, 0.4) is 0 Å². The topological polar surface area (TPSA) is 29.0 Å². The molecule has 1 aromatic heterocycles. The lowest BCUT2D eigenvalue weighted by atomic mass is 10.1. The quantitative estimate of drug-likeness (QED) is 0.733. The molecule has 0 saturated carbocycles. The third-order valence-corrected chi connectivity index (χ3v) is 3.14. The average Bonchev–Trinajstić information content (AvgIpc) is 2.23. The molecule has 0 spiro atoms. The van der Waals surface area contributed by atoms with E-state index >= 15 is 0 Å². The molecule has 1 aromatic rings. The van der Waals surface area contributed by atoms with Crippen molar-refractivity contribution in [1.82, 2.24) is 9.97 Å². The van der Waals surface area contributed by atoms with E-state index in [1.807, 2.05) is 13.1 Å². The van der Waals surface area contributed by atoms with E-state index in [0.717, 1.165) is 35.6 Å². The fourth-order valence-electron chi connectivity index (χ4n) is 1.63. The summed E-state index contributed by atoms with van der Waals surface area (Å²) in [5.74, 6) is 1.82. The van der Waals surface area contributed by atoms with Crippen LogP contribution in [0.25, 0.3) is 0 Å². The molecular formula is C11H14BrN3. The Labute approximate surface area is 98.4 Å². The molecule has 2 rings (SSSR count). The summed E-state index contributed by atoms with van der Waals surface area (Å²) < 4.78 is 0.973. The first-order chi connectivity index (χ1) is 7.16. The summed E-state index contributed by atoms with van der Waals surface area (Å²) in [6.07, 6.45) is 5.20. The van der Waals surface area contributed by atoms with Crippen LogP contribution in [0.5, 0.6) is 0 Å². The Bertz CT molecular complexity index is 401. The molecule has 4 heteroatoms. The summed E-state index contributed by atoms with van der Waals surface area (Å²) in [6, 6.07) is 0. The van der Waals surface area contributed by atoms with Gasteiger partial charge in [-0.3, -0.25) is 0 Å². The molecule has 80 valence electrons.